The molecule has 4 fully saturated rings. The first kappa shape index (κ1) is 16.2. The molecule has 0 aromatic carbocycles. The fourth-order valence-corrected chi connectivity index (χ4v) is 7.04. The van der Waals surface area contributed by atoms with Crippen LogP contribution in [0.25, 0.3) is 0 Å². The maximum absolute atomic E-state index is 12.9. The highest BCUT2D eigenvalue weighted by atomic mass is 79.9. The number of nitrogens with one attached hydrogen (secondary N) is 2. The minimum Gasteiger partial charge on any atom is -0.466 e. The Labute approximate surface area is 150 Å². The molecule has 2 amide bonds. The molecule has 4 bridgehead atoms. The molecule has 5 rings (SSSR count). The van der Waals surface area contributed by atoms with E-state index in [-0.39, 0.29) is 21.6 Å². The first-order valence-corrected chi connectivity index (χ1v) is 9.45. The summed E-state index contributed by atoms with van der Waals surface area (Å²) in [7, 11) is 0. The molecule has 0 aliphatic heterocycles. The van der Waals surface area contributed by atoms with E-state index in [0.29, 0.717) is 28.9 Å². The summed E-state index contributed by atoms with van der Waals surface area (Å²) in [6.45, 7) is 3.55. The van der Waals surface area contributed by atoms with Crippen molar-refractivity contribution in [3.8, 4) is 0 Å². The highest BCUT2D eigenvalue weighted by Gasteiger charge is 2.59. The van der Waals surface area contributed by atoms with Gasteiger partial charge in [0.15, 0.2) is 0 Å². The Morgan fingerprint density at radius 1 is 1.17 bits per heavy atom. The van der Waals surface area contributed by atoms with Gasteiger partial charge >= 0.3 is 0 Å². The predicted octanol–water partition coefficient (Wildman–Crippen LogP) is 3.39. The second-order valence-corrected chi connectivity index (χ2v) is 9.81. The van der Waals surface area contributed by atoms with Gasteiger partial charge in [-0.1, -0.05) is 15.9 Å². The minimum atomic E-state index is -0.331. The molecule has 1 aromatic heterocycles. The number of hydrogen-bond acceptors (Lipinski definition) is 3. The average Bonchev–Trinajstić information content (AvgIpc) is 2.80. The van der Waals surface area contributed by atoms with Crippen LogP contribution in [-0.2, 0) is 4.79 Å². The van der Waals surface area contributed by atoms with Crippen LogP contribution in [0.1, 0.15) is 60.4 Å². The van der Waals surface area contributed by atoms with Crippen LogP contribution in [0.5, 0.6) is 0 Å². The molecular weight excluding hydrogens is 372 g/mol. The zero-order chi connectivity index (χ0) is 17.1. The molecule has 6 heteroatoms. The lowest BCUT2D eigenvalue weighted by Gasteiger charge is -2.59. The third kappa shape index (κ3) is 2.59. The molecule has 4 aliphatic rings. The van der Waals surface area contributed by atoms with Crippen LogP contribution in [0.4, 0.5) is 0 Å². The number of aryl methyl sites for hydroxylation is 2. The fraction of sp³-hybridized carbons (Fsp3) is 0.667. The Morgan fingerprint density at radius 3 is 2.38 bits per heavy atom. The van der Waals surface area contributed by atoms with Crippen molar-refractivity contribution in [1.82, 2.24) is 10.9 Å². The first-order valence-electron chi connectivity index (χ1n) is 8.65. The predicted molar refractivity (Wildman–Crippen MR) is 92.6 cm³/mol. The standard InChI is InChI=1S/C18H23BrN2O3/c1-10-3-14(11(2)24-10)15(22)20-21-16(23)17-5-12-4-13(6-17)8-18(19,7-12)9-17/h3,12-13H,4-9H2,1-2H3,(H,20,22)(H,21,23). The van der Waals surface area contributed by atoms with Crippen molar-refractivity contribution in [2.45, 2.75) is 56.7 Å². The normalized spacial score (nSPS) is 36.6. The lowest BCUT2D eigenvalue weighted by Crippen LogP contribution is -2.60. The maximum atomic E-state index is 12.9. The van der Waals surface area contributed by atoms with E-state index in [4.69, 9.17) is 4.42 Å². The largest absolute Gasteiger partial charge is 0.466 e. The molecule has 4 aliphatic carbocycles. The second kappa shape index (κ2) is 5.35. The summed E-state index contributed by atoms with van der Waals surface area (Å²) in [5.41, 5.74) is 5.40. The van der Waals surface area contributed by atoms with Gasteiger partial charge in [0.25, 0.3) is 5.91 Å². The summed E-state index contributed by atoms with van der Waals surface area (Å²) in [5.74, 6) is 2.15. The van der Waals surface area contributed by atoms with Crippen molar-refractivity contribution < 1.29 is 14.0 Å². The molecule has 1 aromatic rings. The summed E-state index contributed by atoms with van der Waals surface area (Å²) >= 11 is 3.91. The molecule has 0 radical (unpaired) electrons. The zero-order valence-electron chi connectivity index (χ0n) is 14.1. The third-order valence-corrected chi connectivity index (χ3v) is 6.97. The summed E-state index contributed by atoms with van der Waals surface area (Å²) in [6.07, 6.45) is 6.38. The van der Waals surface area contributed by atoms with E-state index in [9.17, 15) is 9.59 Å². The number of carbonyl (C=O) groups excluding carboxylic acids is 2. The van der Waals surface area contributed by atoms with E-state index >= 15 is 0 Å². The maximum Gasteiger partial charge on any atom is 0.273 e. The molecule has 0 saturated heterocycles. The molecule has 2 unspecified atom stereocenters. The number of hydrazine groups is 1. The SMILES string of the molecule is Cc1cc(C(=O)NNC(=O)C23CC4CC(CC(Br)(C4)C2)C3)c(C)o1. The lowest BCUT2D eigenvalue weighted by molar-refractivity contribution is -0.144. The van der Waals surface area contributed by atoms with Gasteiger partial charge in [-0.25, -0.2) is 0 Å². The van der Waals surface area contributed by atoms with Gasteiger partial charge < -0.3 is 4.42 Å². The van der Waals surface area contributed by atoms with Crippen LogP contribution in [0.2, 0.25) is 0 Å². The van der Waals surface area contributed by atoms with Crippen LogP contribution in [0.3, 0.4) is 0 Å². The minimum absolute atomic E-state index is 0.0355. The Kier molecular flexibility index (Phi) is 3.61. The molecular formula is C18H23BrN2O3. The van der Waals surface area contributed by atoms with Crippen molar-refractivity contribution in [2.24, 2.45) is 17.3 Å². The summed E-state index contributed by atoms with van der Waals surface area (Å²) in [6, 6.07) is 1.69. The molecule has 2 atom stereocenters. The molecule has 5 nitrogen and oxygen atoms in total. The van der Waals surface area contributed by atoms with Gasteiger partial charge in [0, 0.05) is 4.32 Å². The second-order valence-electron chi connectivity index (χ2n) is 8.13. The molecule has 1 heterocycles. The number of hydrogen-bond donors (Lipinski definition) is 2. The van der Waals surface area contributed by atoms with E-state index in [0.717, 1.165) is 19.3 Å². The van der Waals surface area contributed by atoms with Crippen molar-refractivity contribution >= 4 is 27.7 Å². The molecule has 130 valence electrons. The summed E-state index contributed by atoms with van der Waals surface area (Å²) in [5, 5.41) is 0. The van der Waals surface area contributed by atoms with E-state index in [1.165, 1.54) is 19.3 Å². The number of amides is 2. The van der Waals surface area contributed by atoms with E-state index in [2.05, 4.69) is 26.8 Å². The number of furan rings is 1. The fourth-order valence-electron chi connectivity index (χ4n) is 5.59. The van der Waals surface area contributed by atoms with Crippen molar-refractivity contribution in [1.29, 1.82) is 0 Å². The van der Waals surface area contributed by atoms with E-state index in [1.807, 2.05) is 0 Å². The number of rotatable bonds is 2. The quantitative estimate of drug-likeness (QED) is 0.596. The highest BCUT2D eigenvalue weighted by molar-refractivity contribution is 9.10. The van der Waals surface area contributed by atoms with Gasteiger partial charge in [0.1, 0.15) is 11.5 Å². The van der Waals surface area contributed by atoms with Gasteiger partial charge in [-0.15, -0.1) is 0 Å². The van der Waals surface area contributed by atoms with Gasteiger partial charge in [0.2, 0.25) is 5.91 Å². The third-order valence-electron chi connectivity index (χ3n) is 6.05. The highest BCUT2D eigenvalue weighted by Crippen LogP contribution is 2.64. The Morgan fingerprint density at radius 2 is 1.83 bits per heavy atom. The van der Waals surface area contributed by atoms with Crippen LogP contribution in [0.15, 0.2) is 10.5 Å². The first-order chi connectivity index (χ1) is 11.3. The van der Waals surface area contributed by atoms with Gasteiger partial charge in [-0.05, 0) is 70.3 Å². The summed E-state index contributed by atoms with van der Waals surface area (Å²) in [4.78, 5) is 25.2. The molecule has 2 N–H and O–H groups in total. The lowest BCUT2D eigenvalue weighted by atomic mass is 9.49. The van der Waals surface area contributed by atoms with Crippen LogP contribution >= 0.6 is 15.9 Å². The van der Waals surface area contributed by atoms with Crippen LogP contribution < -0.4 is 10.9 Å². The van der Waals surface area contributed by atoms with Gasteiger partial charge in [-0.3, -0.25) is 20.4 Å². The molecule has 4 saturated carbocycles. The van der Waals surface area contributed by atoms with Gasteiger partial charge in [-0.2, -0.15) is 0 Å². The number of carbonyl (C=O) groups is 2. The molecule has 24 heavy (non-hydrogen) atoms. The van der Waals surface area contributed by atoms with Gasteiger partial charge in [0.05, 0.1) is 11.0 Å². The number of halogens is 1. The van der Waals surface area contributed by atoms with Crippen molar-refractivity contribution in [2.75, 3.05) is 0 Å². The Hall–Kier alpha value is -1.30. The topological polar surface area (TPSA) is 71.3 Å². The Balaban J connectivity index is 1.45. The van der Waals surface area contributed by atoms with E-state index in [1.54, 1.807) is 19.9 Å². The molecule has 0 spiro atoms. The summed E-state index contributed by atoms with van der Waals surface area (Å²) < 4.78 is 5.50. The smallest absolute Gasteiger partial charge is 0.273 e. The van der Waals surface area contributed by atoms with Crippen LogP contribution in [0, 0.1) is 31.1 Å². The zero-order valence-corrected chi connectivity index (χ0v) is 15.7. The monoisotopic (exact) mass is 394 g/mol. The Bertz CT molecular complexity index is 697. The van der Waals surface area contributed by atoms with Crippen molar-refractivity contribution in [3.63, 3.8) is 0 Å². The average molecular weight is 395 g/mol. The number of alkyl halides is 1. The van der Waals surface area contributed by atoms with Crippen LogP contribution in [-0.4, -0.2) is 16.1 Å². The van der Waals surface area contributed by atoms with Crippen molar-refractivity contribution in [3.05, 3.63) is 23.2 Å². The van der Waals surface area contributed by atoms with E-state index < -0.39 is 0 Å².